The maximum Gasteiger partial charge on any atom is 0.307 e. The molecule has 5 rings (SSSR count). The Morgan fingerprint density at radius 3 is 2.53 bits per heavy atom. The van der Waals surface area contributed by atoms with E-state index in [9.17, 15) is 14.7 Å². The lowest BCUT2D eigenvalue weighted by molar-refractivity contribution is -0.136. The third-order valence-corrected chi connectivity index (χ3v) is 6.92. The molecule has 1 saturated heterocycles. The van der Waals surface area contributed by atoms with Crippen LogP contribution in [0.1, 0.15) is 46.7 Å². The number of carboxylic acids is 1. The molecule has 1 aliphatic heterocycles. The van der Waals surface area contributed by atoms with Gasteiger partial charge in [0.1, 0.15) is 0 Å². The van der Waals surface area contributed by atoms with Crippen molar-refractivity contribution in [2.45, 2.75) is 38.6 Å². The van der Waals surface area contributed by atoms with E-state index in [4.69, 9.17) is 0 Å². The van der Waals surface area contributed by atoms with Crippen LogP contribution in [0.25, 0.3) is 10.9 Å². The van der Waals surface area contributed by atoms with Gasteiger partial charge in [-0.1, -0.05) is 48.5 Å². The average molecular weight is 482 g/mol. The van der Waals surface area contributed by atoms with Crippen molar-refractivity contribution in [3.8, 4) is 0 Å². The fourth-order valence-corrected chi connectivity index (χ4v) is 5.16. The first-order chi connectivity index (χ1) is 17.5. The number of anilines is 1. The molecular formula is C30H31N3O3. The zero-order valence-electron chi connectivity index (χ0n) is 20.5. The largest absolute Gasteiger partial charge is 0.481 e. The predicted molar refractivity (Wildman–Crippen MR) is 142 cm³/mol. The van der Waals surface area contributed by atoms with E-state index in [1.807, 2.05) is 36.4 Å². The van der Waals surface area contributed by atoms with Gasteiger partial charge in [-0.15, -0.1) is 0 Å². The zero-order chi connectivity index (χ0) is 25.1. The number of aromatic amines is 1. The average Bonchev–Trinajstić information content (AvgIpc) is 3.54. The zero-order valence-corrected chi connectivity index (χ0v) is 20.5. The lowest BCUT2D eigenvalue weighted by Crippen LogP contribution is -2.32. The van der Waals surface area contributed by atoms with Gasteiger partial charge in [-0.3, -0.25) is 9.59 Å². The number of fused-ring (bicyclic) bond motifs is 1. The van der Waals surface area contributed by atoms with Gasteiger partial charge >= 0.3 is 5.97 Å². The number of nitrogens with one attached hydrogen (secondary N) is 2. The molecule has 0 bridgehead atoms. The summed E-state index contributed by atoms with van der Waals surface area (Å²) >= 11 is 0. The second kappa shape index (κ2) is 10.3. The number of aryl methyl sites for hydroxylation is 1. The van der Waals surface area contributed by atoms with Gasteiger partial charge in [0, 0.05) is 41.4 Å². The van der Waals surface area contributed by atoms with Gasteiger partial charge in [0.05, 0.1) is 18.9 Å². The standard InChI is InChI=1S/C30H31N3O3/c1-20-9-11-24(27(15-20)33-13-5-6-14-33)30(22-7-3-2-4-8-22)32-28(34)17-21-10-12-26-25(16-21)23(19-31-26)18-29(35)36/h2-4,7-12,15-16,19,30-31H,5-6,13-14,17-18H2,1H3,(H,32,34)(H,35,36). The first-order valence-electron chi connectivity index (χ1n) is 12.5. The van der Waals surface area contributed by atoms with Crippen LogP contribution in [0.15, 0.2) is 72.9 Å². The number of aromatic nitrogens is 1. The highest BCUT2D eigenvalue weighted by Crippen LogP contribution is 2.34. The Hall–Kier alpha value is -4.06. The number of hydrogen-bond donors (Lipinski definition) is 3. The molecule has 1 atom stereocenters. The highest BCUT2D eigenvalue weighted by molar-refractivity contribution is 5.89. The van der Waals surface area contributed by atoms with Gasteiger partial charge in [-0.05, 0) is 60.2 Å². The Bertz CT molecular complexity index is 1390. The first kappa shape index (κ1) is 23.7. The number of carboxylic acid groups (broad SMARTS) is 1. The molecule has 184 valence electrons. The van der Waals surface area contributed by atoms with E-state index in [-0.39, 0.29) is 24.8 Å². The van der Waals surface area contributed by atoms with Gasteiger partial charge in [0.15, 0.2) is 0 Å². The van der Waals surface area contributed by atoms with E-state index in [2.05, 4.69) is 52.5 Å². The summed E-state index contributed by atoms with van der Waals surface area (Å²) in [6.45, 7) is 4.16. The Balaban J connectivity index is 1.44. The van der Waals surface area contributed by atoms with Crippen molar-refractivity contribution in [2.24, 2.45) is 0 Å². The summed E-state index contributed by atoms with van der Waals surface area (Å²) in [5, 5.41) is 13.4. The van der Waals surface area contributed by atoms with Crippen LogP contribution < -0.4 is 10.2 Å². The molecule has 4 aromatic rings. The quantitative estimate of drug-likeness (QED) is 0.325. The lowest BCUT2D eigenvalue weighted by Gasteiger charge is -2.28. The minimum atomic E-state index is -0.878. The van der Waals surface area contributed by atoms with Gasteiger partial charge in [-0.2, -0.15) is 0 Å². The molecule has 3 aromatic carbocycles. The number of benzene rings is 3. The van der Waals surface area contributed by atoms with E-state index in [0.717, 1.165) is 46.2 Å². The highest BCUT2D eigenvalue weighted by Gasteiger charge is 2.24. The van der Waals surface area contributed by atoms with Crippen molar-refractivity contribution >= 4 is 28.5 Å². The third kappa shape index (κ3) is 5.13. The monoisotopic (exact) mass is 481 g/mol. The normalized spacial score (nSPS) is 14.2. The molecule has 6 nitrogen and oxygen atoms in total. The first-order valence-corrected chi connectivity index (χ1v) is 12.5. The number of H-pyrrole nitrogens is 1. The molecule has 36 heavy (non-hydrogen) atoms. The molecule has 0 spiro atoms. The number of carbonyl (C=O) groups is 2. The van der Waals surface area contributed by atoms with Crippen molar-refractivity contribution in [3.05, 3.63) is 101 Å². The minimum Gasteiger partial charge on any atom is -0.481 e. The van der Waals surface area contributed by atoms with E-state index in [1.165, 1.54) is 24.1 Å². The van der Waals surface area contributed by atoms with Crippen LogP contribution in [0.2, 0.25) is 0 Å². The number of carbonyl (C=O) groups excluding carboxylic acids is 1. The van der Waals surface area contributed by atoms with E-state index in [1.54, 1.807) is 6.20 Å². The molecule has 1 fully saturated rings. The van der Waals surface area contributed by atoms with Crippen LogP contribution in [0.3, 0.4) is 0 Å². The number of aliphatic carboxylic acids is 1. The molecule has 3 N–H and O–H groups in total. The Kier molecular flexibility index (Phi) is 6.76. The van der Waals surface area contributed by atoms with Gasteiger partial charge < -0.3 is 20.3 Å². The molecule has 6 heteroatoms. The molecule has 0 saturated carbocycles. The van der Waals surface area contributed by atoms with Crippen LogP contribution in [0.5, 0.6) is 0 Å². The summed E-state index contributed by atoms with van der Waals surface area (Å²) in [6, 6.07) is 22.1. The fraction of sp³-hybridized carbons (Fsp3) is 0.267. The maximum absolute atomic E-state index is 13.4. The smallest absolute Gasteiger partial charge is 0.307 e. The minimum absolute atomic E-state index is 0.0571. The van der Waals surface area contributed by atoms with Crippen LogP contribution in [-0.2, 0) is 22.4 Å². The second-order valence-corrected chi connectivity index (χ2v) is 9.61. The van der Waals surface area contributed by atoms with Gasteiger partial charge in [-0.25, -0.2) is 0 Å². The molecule has 1 amide bonds. The number of amides is 1. The molecule has 2 heterocycles. The SMILES string of the molecule is Cc1ccc(C(NC(=O)Cc2ccc3[nH]cc(CC(=O)O)c3c2)c2ccccc2)c(N2CCCC2)c1. The maximum atomic E-state index is 13.4. The molecular weight excluding hydrogens is 450 g/mol. The van der Waals surface area contributed by atoms with Gasteiger partial charge in [0.25, 0.3) is 0 Å². The highest BCUT2D eigenvalue weighted by atomic mass is 16.4. The number of nitrogens with zero attached hydrogens (tertiary/aromatic N) is 1. The van der Waals surface area contributed by atoms with Crippen molar-refractivity contribution in [1.82, 2.24) is 10.3 Å². The summed E-state index contributed by atoms with van der Waals surface area (Å²) < 4.78 is 0. The van der Waals surface area contributed by atoms with Crippen LogP contribution in [0.4, 0.5) is 5.69 Å². The second-order valence-electron chi connectivity index (χ2n) is 9.61. The summed E-state index contributed by atoms with van der Waals surface area (Å²) in [6.07, 6.45) is 4.24. The van der Waals surface area contributed by atoms with Crippen LogP contribution in [0, 0.1) is 6.92 Å². The summed E-state index contributed by atoms with van der Waals surface area (Å²) in [5.74, 6) is -0.955. The predicted octanol–water partition coefficient (Wildman–Crippen LogP) is 5.15. The third-order valence-electron chi connectivity index (χ3n) is 6.92. The Morgan fingerprint density at radius 2 is 1.78 bits per heavy atom. The summed E-state index contributed by atoms with van der Waals surface area (Å²) in [5.41, 5.74) is 6.97. The van der Waals surface area contributed by atoms with Crippen LogP contribution >= 0.6 is 0 Å². The van der Waals surface area contributed by atoms with Crippen molar-refractivity contribution in [2.75, 3.05) is 18.0 Å². The molecule has 1 unspecified atom stereocenters. The number of hydrogen-bond acceptors (Lipinski definition) is 3. The summed E-state index contributed by atoms with van der Waals surface area (Å²) in [4.78, 5) is 30.1. The summed E-state index contributed by atoms with van der Waals surface area (Å²) in [7, 11) is 0. The molecule has 1 aliphatic rings. The molecule has 0 radical (unpaired) electrons. The van der Waals surface area contributed by atoms with E-state index >= 15 is 0 Å². The lowest BCUT2D eigenvalue weighted by atomic mass is 9.95. The topological polar surface area (TPSA) is 85.4 Å². The molecule has 0 aliphatic carbocycles. The Labute approximate surface area is 211 Å². The molecule has 1 aromatic heterocycles. The fourth-order valence-electron chi connectivity index (χ4n) is 5.16. The van der Waals surface area contributed by atoms with Gasteiger partial charge in [0.2, 0.25) is 5.91 Å². The van der Waals surface area contributed by atoms with E-state index in [0.29, 0.717) is 0 Å². The van der Waals surface area contributed by atoms with Crippen LogP contribution in [-0.4, -0.2) is 35.1 Å². The van der Waals surface area contributed by atoms with E-state index < -0.39 is 5.97 Å². The van der Waals surface area contributed by atoms with Crippen molar-refractivity contribution < 1.29 is 14.7 Å². The van der Waals surface area contributed by atoms with Crippen molar-refractivity contribution in [3.63, 3.8) is 0 Å². The Morgan fingerprint density at radius 1 is 1.00 bits per heavy atom. The van der Waals surface area contributed by atoms with Crippen molar-refractivity contribution in [1.29, 1.82) is 0 Å². The number of rotatable bonds is 8.